The lowest BCUT2D eigenvalue weighted by molar-refractivity contribution is 0.669. The predicted molar refractivity (Wildman–Crippen MR) is 121 cm³/mol. The van der Waals surface area contributed by atoms with Crippen molar-refractivity contribution in [1.29, 1.82) is 0 Å². The summed E-state index contributed by atoms with van der Waals surface area (Å²) in [6.07, 6.45) is 0. The number of aryl methyl sites for hydroxylation is 2. The second-order valence-electron chi connectivity index (χ2n) is 7.36. The molecule has 30 heavy (non-hydrogen) atoms. The molecule has 144 valence electrons. The molecule has 0 atom stereocenters. The molecule has 6 rings (SSSR count). The monoisotopic (exact) mass is 392 g/mol. The summed E-state index contributed by atoms with van der Waals surface area (Å²) in [5.74, 6) is 0.649. The van der Waals surface area contributed by atoms with E-state index in [1.165, 1.54) is 0 Å². The average Bonchev–Trinajstić information content (AvgIpc) is 3.37. The molecule has 0 aliphatic rings. The van der Waals surface area contributed by atoms with Gasteiger partial charge in [0.15, 0.2) is 11.5 Å². The van der Waals surface area contributed by atoms with E-state index in [1.54, 1.807) is 12.1 Å². The molecular weight excluding hydrogens is 370 g/mol. The van der Waals surface area contributed by atoms with Crippen LogP contribution in [0, 0.1) is 13.8 Å². The molecule has 0 amide bonds. The Morgan fingerprint density at radius 3 is 2.57 bits per heavy atom. The lowest BCUT2D eigenvalue weighted by Crippen LogP contribution is -1.99. The largest absolute Gasteiger partial charge is 0.455 e. The summed E-state index contributed by atoms with van der Waals surface area (Å²) >= 11 is 0. The van der Waals surface area contributed by atoms with E-state index in [-0.39, 0.29) is 5.56 Å². The summed E-state index contributed by atoms with van der Waals surface area (Å²) < 4.78 is 32.5. The molecule has 3 heterocycles. The van der Waals surface area contributed by atoms with Gasteiger partial charge in [-0.05, 0) is 55.7 Å². The first-order chi connectivity index (χ1) is 15.9. The van der Waals surface area contributed by atoms with Crippen LogP contribution in [0.1, 0.15) is 15.4 Å². The van der Waals surface area contributed by atoms with Crippen LogP contribution in [0.3, 0.4) is 0 Å². The van der Waals surface area contributed by atoms with Crippen molar-refractivity contribution in [2.75, 3.05) is 0 Å². The first-order valence-electron chi connectivity index (χ1n) is 11.3. The topological polar surface area (TPSA) is 43.9 Å². The summed E-state index contributed by atoms with van der Waals surface area (Å²) in [7, 11) is 0. The van der Waals surface area contributed by atoms with Gasteiger partial charge in [-0.15, -0.1) is 0 Å². The number of rotatable bonds is 2. The Morgan fingerprint density at radius 1 is 0.867 bits per heavy atom. The lowest BCUT2D eigenvalue weighted by Gasteiger charge is -2.10. The summed E-state index contributed by atoms with van der Waals surface area (Å²) in [5.41, 5.74) is 5.42. The van der Waals surface area contributed by atoms with Gasteiger partial charge in [0.25, 0.3) is 0 Å². The van der Waals surface area contributed by atoms with Gasteiger partial charge in [-0.25, -0.2) is 9.97 Å². The van der Waals surface area contributed by atoms with Crippen molar-refractivity contribution in [2.45, 2.75) is 13.8 Å². The molecule has 0 saturated heterocycles. The highest BCUT2D eigenvalue weighted by atomic mass is 16.3. The minimum Gasteiger partial charge on any atom is -0.455 e. The van der Waals surface area contributed by atoms with Crippen LogP contribution in [0.15, 0.2) is 83.3 Å². The van der Waals surface area contributed by atoms with Gasteiger partial charge in [-0.2, -0.15) is 0 Å². The van der Waals surface area contributed by atoms with Gasteiger partial charge in [0, 0.05) is 26.3 Å². The second-order valence-corrected chi connectivity index (χ2v) is 7.36. The van der Waals surface area contributed by atoms with E-state index in [1.807, 2.05) is 78.2 Å². The Labute approximate surface area is 177 Å². The summed E-state index contributed by atoms with van der Waals surface area (Å²) in [5, 5.41) is 1.37. The normalized spacial score (nSPS) is 13.6. The highest BCUT2D eigenvalue weighted by molar-refractivity contribution is 6.11. The molecule has 6 aromatic rings. The quantitative estimate of drug-likeness (QED) is 0.333. The van der Waals surface area contributed by atoms with Crippen molar-refractivity contribution in [3.8, 4) is 17.1 Å². The molecule has 4 heteroatoms. The molecule has 0 aliphatic heterocycles. The van der Waals surface area contributed by atoms with Crippen molar-refractivity contribution in [2.24, 2.45) is 0 Å². The van der Waals surface area contributed by atoms with Crippen molar-refractivity contribution in [1.82, 2.24) is 14.5 Å². The maximum atomic E-state index is 8.09. The number of imidazole rings is 1. The van der Waals surface area contributed by atoms with Gasteiger partial charge in [0.1, 0.15) is 16.7 Å². The van der Waals surface area contributed by atoms with Gasteiger partial charge in [-0.3, -0.25) is 4.57 Å². The van der Waals surface area contributed by atoms with E-state index in [4.69, 9.17) is 18.5 Å². The van der Waals surface area contributed by atoms with Crippen LogP contribution < -0.4 is 0 Å². The van der Waals surface area contributed by atoms with Crippen LogP contribution in [0.4, 0.5) is 0 Å². The molecule has 0 unspecified atom stereocenters. The van der Waals surface area contributed by atoms with Crippen LogP contribution in [0.5, 0.6) is 0 Å². The molecule has 4 nitrogen and oxygen atoms in total. The number of hydrogen-bond donors (Lipinski definition) is 0. The number of pyridine rings is 1. The number of furan rings is 1. The molecule has 0 N–H and O–H groups in total. The third-order valence-corrected chi connectivity index (χ3v) is 5.43. The third kappa shape index (κ3) is 2.40. The highest BCUT2D eigenvalue weighted by Crippen LogP contribution is 2.39. The summed E-state index contributed by atoms with van der Waals surface area (Å²) in [6.45, 7) is -0.328. The van der Waals surface area contributed by atoms with E-state index < -0.39 is 6.85 Å². The Morgan fingerprint density at radius 2 is 1.70 bits per heavy atom. The van der Waals surface area contributed by atoms with E-state index in [0.717, 1.165) is 27.9 Å². The summed E-state index contributed by atoms with van der Waals surface area (Å²) in [6, 6.07) is 24.8. The Balaban J connectivity index is 1.76. The molecule has 3 aromatic heterocycles. The number of nitrogens with zero attached hydrogens (tertiary/aromatic N) is 3. The first kappa shape index (κ1) is 14.1. The zero-order chi connectivity index (χ0) is 22.7. The Bertz CT molecular complexity index is 1660. The molecule has 0 spiro atoms. The first-order valence-corrected chi connectivity index (χ1v) is 9.78. The van der Waals surface area contributed by atoms with E-state index >= 15 is 0 Å². The van der Waals surface area contributed by atoms with E-state index in [9.17, 15) is 0 Å². The van der Waals surface area contributed by atoms with Crippen molar-refractivity contribution < 1.29 is 8.53 Å². The maximum absolute atomic E-state index is 8.09. The predicted octanol–water partition coefficient (Wildman–Crippen LogP) is 6.60. The maximum Gasteiger partial charge on any atom is 0.165 e. The van der Waals surface area contributed by atoms with Crippen molar-refractivity contribution >= 4 is 33.1 Å². The average molecular weight is 392 g/mol. The number of fused-ring (bicyclic) bond motifs is 4. The smallest absolute Gasteiger partial charge is 0.165 e. The van der Waals surface area contributed by atoms with E-state index in [0.29, 0.717) is 27.9 Å². The van der Waals surface area contributed by atoms with Gasteiger partial charge in [0.05, 0.1) is 5.56 Å². The van der Waals surface area contributed by atoms with Gasteiger partial charge >= 0.3 is 0 Å². The van der Waals surface area contributed by atoms with Crippen LogP contribution in [-0.2, 0) is 0 Å². The fourth-order valence-corrected chi connectivity index (χ4v) is 4.06. The number of para-hydroxylation sites is 2. The van der Waals surface area contributed by atoms with Crippen LogP contribution in [0.2, 0.25) is 0 Å². The number of aromatic nitrogens is 3. The third-order valence-electron chi connectivity index (χ3n) is 5.43. The summed E-state index contributed by atoms with van der Waals surface area (Å²) in [4.78, 5) is 9.67. The molecule has 3 aromatic carbocycles. The second kappa shape index (κ2) is 6.29. The molecule has 0 saturated carbocycles. The fraction of sp³-hybridized carbons (Fsp3) is 0.0769. The van der Waals surface area contributed by atoms with Crippen LogP contribution in [0.25, 0.3) is 50.2 Å². The minimum atomic E-state index is -2.28. The molecule has 0 bridgehead atoms. The molecule has 0 aliphatic carbocycles. The number of hydrogen-bond acceptors (Lipinski definition) is 3. The van der Waals surface area contributed by atoms with Crippen LogP contribution in [-0.4, -0.2) is 14.5 Å². The van der Waals surface area contributed by atoms with Crippen molar-refractivity contribution in [3.63, 3.8) is 0 Å². The van der Waals surface area contributed by atoms with Gasteiger partial charge in [0.2, 0.25) is 0 Å². The number of benzene rings is 3. The van der Waals surface area contributed by atoms with Gasteiger partial charge in [-0.1, -0.05) is 42.5 Å². The zero-order valence-electron chi connectivity index (χ0n) is 19.3. The Hall–Kier alpha value is -3.92. The van der Waals surface area contributed by atoms with Gasteiger partial charge < -0.3 is 4.42 Å². The lowest BCUT2D eigenvalue weighted by atomic mass is 10.0. The zero-order valence-corrected chi connectivity index (χ0v) is 16.3. The van der Waals surface area contributed by atoms with Crippen LogP contribution >= 0.6 is 0 Å². The standard InChI is InChI=1S/C26H19N3O/c1-16-12-14-20(24-23(16)19-10-6-7-11-22(19)30-24)25-28-21-15-13-17(2)27-26(21)29(25)18-8-4-3-5-9-18/h3-15H,1-2H3/i1D3. The minimum absolute atomic E-state index is 0.266. The van der Waals surface area contributed by atoms with Crippen molar-refractivity contribution in [3.05, 3.63) is 90.1 Å². The Kier molecular flexibility index (Phi) is 2.96. The molecule has 0 radical (unpaired) electrons. The van der Waals surface area contributed by atoms with E-state index in [2.05, 4.69) is 0 Å². The molecule has 0 fully saturated rings. The molecular formula is C26H19N3O. The highest BCUT2D eigenvalue weighted by Gasteiger charge is 2.21. The SMILES string of the molecule is [2H]C([2H])([2H])c1ccc(-c2nc3ccc(C)nc3n2-c2ccccc2)c2oc3ccccc3c12. The fourth-order valence-electron chi connectivity index (χ4n) is 4.06.